The van der Waals surface area contributed by atoms with Crippen LogP contribution in [0, 0.1) is 0 Å². The molecule has 0 aliphatic rings. The number of halogens is 2. The number of carbonyl (C=O) groups excluding carboxylic acids is 1. The van der Waals surface area contributed by atoms with Crippen molar-refractivity contribution < 1.29 is 13.2 Å². The maximum Gasteiger partial charge on any atom is 0.253 e. The van der Waals surface area contributed by atoms with Crippen LogP contribution < -0.4 is 5.32 Å². The SMILES string of the molecule is CN(C)S(=O)(=O)c1cc(C(=O)NCc2cccnc2)c(Cl)cc1Cl. The summed E-state index contributed by atoms with van der Waals surface area (Å²) in [5.41, 5.74) is 0.836. The average molecular weight is 388 g/mol. The van der Waals surface area contributed by atoms with Gasteiger partial charge in [0.1, 0.15) is 4.90 Å². The molecule has 0 saturated carbocycles. The van der Waals surface area contributed by atoms with Crippen LogP contribution in [-0.2, 0) is 16.6 Å². The number of carbonyl (C=O) groups is 1. The minimum Gasteiger partial charge on any atom is -0.348 e. The number of amides is 1. The number of benzene rings is 1. The zero-order chi connectivity index (χ0) is 17.9. The minimum absolute atomic E-state index is 0.0328. The molecule has 0 fully saturated rings. The van der Waals surface area contributed by atoms with Crippen molar-refractivity contribution in [3.63, 3.8) is 0 Å². The Kier molecular flexibility index (Phi) is 5.82. The zero-order valence-electron chi connectivity index (χ0n) is 13.0. The first kappa shape index (κ1) is 18.7. The number of rotatable bonds is 5. The van der Waals surface area contributed by atoms with Crippen molar-refractivity contribution in [2.24, 2.45) is 0 Å². The van der Waals surface area contributed by atoms with E-state index >= 15 is 0 Å². The largest absolute Gasteiger partial charge is 0.348 e. The van der Waals surface area contributed by atoms with Gasteiger partial charge in [-0.15, -0.1) is 0 Å². The lowest BCUT2D eigenvalue weighted by atomic mass is 10.2. The summed E-state index contributed by atoms with van der Waals surface area (Å²) in [6, 6.07) is 5.98. The third-order valence-electron chi connectivity index (χ3n) is 3.20. The Morgan fingerprint density at radius 2 is 1.96 bits per heavy atom. The molecule has 2 rings (SSSR count). The number of sulfonamides is 1. The Morgan fingerprint density at radius 3 is 2.54 bits per heavy atom. The van der Waals surface area contributed by atoms with Gasteiger partial charge in [0, 0.05) is 33.0 Å². The zero-order valence-corrected chi connectivity index (χ0v) is 15.3. The molecular weight excluding hydrogens is 373 g/mol. The first-order valence-electron chi connectivity index (χ1n) is 6.82. The molecule has 128 valence electrons. The van der Waals surface area contributed by atoms with Gasteiger partial charge in [0.15, 0.2) is 0 Å². The van der Waals surface area contributed by atoms with E-state index in [2.05, 4.69) is 10.3 Å². The molecule has 0 radical (unpaired) electrons. The maximum absolute atomic E-state index is 12.3. The van der Waals surface area contributed by atoms with Crippen molar-refractivity contribution in [1.29, 1.82) is 0 Å². The lowest BCUT2D eigenvalue weighted by Gasteiger charge is -2.15. The van der Waals surface area contributed by atoms with Gasteiger partial charge in [-0.05, 0) is 23.8 Å². The smallest absolute Gasteiger partial charge is 0.253 e. The monoisotopic (exact) mass is 387 g/mol. The average Bonchev–Trinajstić information content (AvgIpc) is 2.53. The second kappa shape index (κ2) is 7.48. The van der Waals surface area contributed by atoms with Gasteiger partial charge in [0.05, 0.1) is 15.6 Å². The summed E-state index contributed by atoms with van der Waals surface area (Å²) in [6.45, 7) is 0.237. The van der Waals surface area contributed by atoms with Crippen LogP contribution >= 0.6 is 23.2 Å². The van der Waals surface area contributed by atoms with Crippen LogP contribution in [0.5, 0.6) is 0 Å². The maximum atomic E-state index is 12.3. The molecule has 1 aromatic heterocycles. The van der Waals surface area contributed by atoms with E-state index < -0.39 is 15.9 Å². The number of pyridine rings is 1. The highest BCUT2D eigenvalue weighted by molar-refractivity contribution is 7.89. The van der Waals surface area contributed by atoms with E-state index in [1.165, 1.54) is 26.2 Å². The fraction of sp³-hybridized carbons (Fsp3) is 0.200. The first-order valence-corrected chi connectivity index (χ1v) is 9.01. The van der Waals surface area contributed by atoms with Gasteiger partial charge >= 0.3 is 0 Å². The third-order valence-corrected chi connectivity index (χ3v) is 5.79. The van der Waals surface area contributed by atoms with Crippen LogP contribution in [0.3, 0.4) is 0 Å². The molecule has 0 atom stereocenters. The number of aromatic nitrogens is 1. The molecule has 0 bridgehead atoms. The molecule has 1 N–H and O–H groups in total. The molecule has 2 aromatic rings. The molecule has 0 aliphatic heterocycles. The molecule has 1 amide bonds. The molecule has 0 aliphatic carbocycles. The van der Waals surface area contributed by atoms with Crippen LogP contribution in [0.1, 0.15) is 15.9 Å². The summed E-state index contributed by atoms with van der Waals surface area (Å²) in [4.78, 5) is 16.1. The van der Waals surface area contributed by atoms with Gasteiger partial charge < -0.3 is 5.32 Å². The van der Waals surface area contributed by atoms with E-state index in [9.17, 15) is 13.2 Å². The van der Waals surface area contributed by atoms with E-state index in [4.69, 9.17) is 23.2 Å². The van der Waals surface area contributed by atoms with Gasteiger partial charge in [0.25, 0.3) is 5.91 Å². The first-order chi connectivity index (χ1) is 11.2. The number of hydrogen-bond acceptors (Lipinski definition) is 4. The number of hydrogen-bond donors (Lipinski definition) is 1. The molecule has 0 unspecified atom stereocenters. The standard InChI is InChI=1S/C15H15Cl2N3O3S/c1-20(2)24(22,23)14-6-11(12(16)7-13(14)17)15(21)19-9-10-4-3-5-18-8-10/h3-8H,9H2,1-2H3,(H,19,21). The predicted octanol–water partition coefficient (Wildman–Crippen LogP) is 2.57. The van der Waals surface area contributed by atoms with Crippen molar-refractivity contribution in [1.82, 2.24) is 14.6 Å². The van der Waals surface area contributed by atoms with Crippen molar-refractivity contribution in [3.05, 3.63) is 57.8 Å². The highest BCUT2D eigenvalue weighted by Gasteiger charge is 2.24. The highest BCUT2D eigenvalue weighted by atomic mass is 35.5. The van der Waals surface area contributed by atoms with Crippen LogP contribution in [0.25, 0.3) is 0 Å². The molecule has 6 nitrogen and oxygen atoms in total. The Labute approximate surface area is 150 Å². The van der Waals surface area contributed by atoms with Crippen molar-refractivity contribution >= 4 is 39.1 Å². The van der Waals surface area contributed by atoms with Crippen LogP contribution in [0.15, 0.2) is 41.6 Å². The van der Waals surface area contributed by atoms with Crippen molar-refractivity contribution in [3.8, 4) is 0 Å². The summed E-state index contributed by atoms with van der Waals surface area (Å²) in [5.74, 6) is -0.504. The van der Waals surface area contributed by atoms with Gasteiger partial charge in [-0.1, -0.05) is 29.3 Å². The number of nitrogens with zero attached hydrogens (tertiary/aromatic N) is 2. The van der Waals surface area contributed by atoms with E-state index in [1.807, 2.05) is 0 Å². The molecule has 0 spiro atoms. The molecule has 1 heterocycles. The van der Waals surface area contributed by atoms with Crippen LogP contribution in [0.2, 0.25) is 10.0 Å². The Balaban J connectivity index is 2.31. The summed E-state index contributed by atoms with van der Waals surface area (Å²) in [5, 5.41) is 2.70. The fourth-order valence-corrected chi connectivity index (χ4v) is 3.60. The Bertz CT molecular complexity index is 856. The molecule has 1 aromatic carbocycles. The Hall–Kier alpha value is -1.67. The van der Waals surface area contributed by atoms with Crippen molar-refractivity contribution in [2.75, 3.05) is 14.1 Å². The van der Waals surface area contributed by atoms with Gasteiger partial charge in [-0.3, -0.25) is 9.78 Å². The predicted molar refractivity (Wildman–Crippen MR) is 92.7 cm³/mol. The summed E-state index contributed by atoms with van der Waals surface area (Å²) >= 11 is 12.0. The summed E-state index contributed by atoms with van der Waals surface area (Å²) in [7, 11) is -1.04. The second-order valence-corrected chi connectivity index (χ2v) is 8.03. The molecule has 9 heteroatoms. The molecule has 0 saturated heterocycles. The molecule has 24 heavy (non-hydrogen) atoms. The third kappa shape index (κ3) is 4.05. The number of nitrogens with one attached hydrogen (secondary N) is 1. The van der Waals surface area contributed by atoms with Gasteiger partial charge in [-0.25, -0.2) is 12.7 Å². The lowest BCUT2D eigenvalue weighted by Crippen LogP contribution is -2.25. The highest BCUT2D eigenvalue weighted by Crippen LogP contribution is 2.30. The topological polar surface area (TPSA) is 79.4 Å². The van der Waals surface area contributed by atoms with E-state index in [0.29, 0.717) is 0 Å². The quantitative estimate of drug-likeness (QED) is 0.854. The molecular formula is C15H15Cl2N3O3S. The van der Waals surface area contributed by atoms with Crippen LogP contribution in [0.4, 0.5) is 0 Å². The minimum atomic E-state index is -3.79. The van der Waals surface area contributed by atoms with Gasteiger partial charge in [-0.2, -0.15) is 0 Å². The summed E-state index contributed by atoms with van der Waals surface area (Å²) < 4.78 is 25.6. The normalized spacial score (nSPS) is 11.5. The van der Waals surface area contributed by atoms with E-state index in [-0.39, 0.29) is 27.0 Å². The second-order valence-electron chi connectivity index (χ2n) is 5.09. The fourth-order valence-electron chi connectivity index (χ4n) is 1.88. The van der Waals surface area contributed by atoms with Crippen molar-refractivity contribution in [2.45, 2.75) is 11.4 Å². The Morgan fingerprint density at radius 1 is 1.25 bits per heavy atom. The van der Waals surface area contributed by atoms with E-state index in [0.717, 1.165) is 9.87 Å². The van der Waals surface area contributed by atoms with E-state index in [1.54, 1.807) is 24.5 Å². The summed E-state index contributed by atoms with van der Waals surface area (Å²) in [6.07, 6.45) is 3.24. The van der Waals surface area contributed by atoms with Gasteiger partial charge in [0.2, 0.25) is 10.0 Å². The lowest BCUT2D eigenvalue weighted by molar-refractivity contribution is 0.0951. The van der Waals surface area contributed by atoms with Crippen LogP contribution in [-0.4, -0.2) is 37.7 Å².